The fourth-order valence-electron chi connectivity index (χ4n) is 3.84. The summed E-state index contributed by atoms with van der Waals surface area (Å²) in [5, 5.41) is 1.90. The van der Waals surface area contributed by atoms with Crippen LogP contribution in [0.15, 0.2) is 47.4 Å². The molecule has 2 aromatic carbocycles. The second-order valence-corrected chi connectivity index (χ2v) is 9.46. The number of methoxy groups -OCH3 is 1. The van der Waals surface area contributed by atoms with Gasteiger partial charge in [0.15, 0.2) is 20.8 Å². The molecule has 0 spiro atoms. The van der Waals surface area contributed by atoms with Crippen LogP contribution < -0.4 is 14.8 Å². The van der Waals surface area contributed by atoms with Gasteiger partial charge >= 0.3 is 0 Å². The third-order valence-electron chi connectivity index (χ3n) is 5.05. The number of rotatable bonds is 3. The molecule has 27 heavy (non-hydrogen) atoms. The van der Waals surface area contributed by atoms with Crippen molar-refractivity contribution in [2.24, 2.45) is 0 Å². The number of ether oxygens (including phenoxy) is 2. The van der Waals surface area contributed by atoms with Crippen molar-refractivity contribution >= 4 is 27.3 Å². The van der Waals surface area contributed by atoms with Crippen LogP contribution >= 0.6 is 11.6 Å². The van der Waals surface area contributed by atoms with Gasteiger partial charge in [-0.05, 0) is 49.4 Å². The van der Waals surface area contributed by atoms with Crippen LogP contribution in [0.4, 0.5) is 0 Å². The Morgan fingerprint density at radius 2 is 1.93 bits per heavy atom. The second-order valence-electron chi connectivity index (χ2n) is 6.96. The van der Waals surface area contributed by atoms with E-state index in [1.807, 2.05) is 0 Å². The van der Waals surface area contributed by atoms with Gasteiger partial charge in [-0.2, -0.15) is 0 Å². The normalized spacial score (nSPS) is 26.6. The van der Waals surface area contributed by atoms with Gasteiger partial charge in [0.2, 0.25) is 5.91 Å². The molecule has 1 fully saturated rings. The van der Waals surface area contributed by atoms with Crippen molar-refractivity contribution in [3.63, 3.8) is 0 Å². The summed E-state index contributed by atoms with van der Waals surface area (Å²) in [7, 11) is -2.40. The van der Waals surface area contributed by atoms with Gasteiger partial charge in [-0.1, -0.05) is 11.6 Å². The maximum Gasteiger partial charge on any atom is 0.242 e. The zero-order valence-corrected chi connectivity index (χ0v) is 16.3. The fraction of sp³-hybridized carbons (Fsp3) is 0.316. The minimum atomic E-state index is -3.93. The monoisotopic (exact) mass is 407 g/mol. The highest BCUT2D eigenvalue weighted by atomic mass is 35.5. The summed E-state index contributed by atoms with van der Waals surface area (Å²) in [4.78, 5) is 12.9. The number of sulfone groups is 1. The summed E-state index contributed by atoms with van der Waals surface area (Å²) in [6, 6.07) is 11.1. The lowest BCUT2D eigenvalue weighted by molar-refractivity contribution is -0.132. The smallest absolute Gasteiger partial charge is 0.242 e. The van der Waals surface area contributed by atoms with Crippen LogP contribution in [0.5, 0.6) is 11.5 Å². The Balaban J connectivity index is 1.86. The van der Waals surface area contributed by atoms with E-state index in [4.69, 9.17) is 21.1 Å². The van der Waals surface area contributed by atoms with Gasteiger partial charge in [-0.25, -0.2) is 8.42 Å². The summed E-state index contributed by atoms with van der Waals surface area (Å²) in [5.41, 5.74) is -0.292. The number of carbonyl (C=O) groups excluding carboxylic acids is 1. The highest BCUT2D eigenvalue weighted by Gasteiger charge is 2.54. The quantitative estimate of drug-likeness (QED) is 0.846. The van der Waals surface area contributed by atoms with Crippen molar-refractivity contribution in [2.45, 2.75) is 35.1 Å². The van der Waals surface area contributed by atoms with Crippen LogP contribution in [-0.2, 0) is 14.6 Å². The fourth-order valence-corrected chi connectivity index (χ4v) is 5.79. The van der Waals surface area contributed by atoms with E-state index < -0.39 is 32.6 Å². The molecule has 0 unspecified atom stereocenters. The largest absolute Gasteiger partial charge is 0.497 e. The molecule has 3 atom stereocenters. The van der Waals surface area contributed by atoms with Crippen molar-refractivity contribution in [3.05, 3.63) is 53.1 Å². The topological polar surface area (TPSA) is 81.7 Å². The minimum Gasteiger partial charge on any atom is -0.497 e. The third-order valence-corrected chi connectivity index (χ3v) is 7.44. The SMILES string of the molecule is COc1ccc2c(c1)[C@H]1C[C@@](C)(NC(=O)[C@H]1S(=O)(=O)c1ccc(Cl)cc1)O2. The Hall–Kier alpha value is -2.25. The van der Waals surface area contributed by atoms with Crippen LogP contribution in [0, 0.1) is 0 Å². The predicted molar refractivity (Wildman–Crippen MR) is 100.0 cm³/mol. The summed E-state index contributed by atoms with van der Waals surface area (Å²) in [6.07, 6.45) is 0.344. The highest BCUT2D eigenvalue weighted by molar-refractivity contribution is 7.92. The van der Waals surface area contributed by atoms with Crippen LogP contribution in [-0.4, -0.2) is 32.4 Å². The maximum absolute atomic E-state index is 13.3. The van der Waals surface area contributed by atoms with Crippen molar-refractivity contribution < 1.29 is 22.7 Å². The van der Waals surface area contributed by atoms with Crippen LogP contribution in [0.25, 0.3) is 0 Å². The Labute approximate surface area is 162 Å². The first-order chi connectivity index (χ1) is 12.7. The number of hydrogen-bond donors (Lipinski definition) is 1. The van der Waals surface area contributed by atoms with E-state index in [9.17, 15) is 13.2 Å². The molecule has 2 heterocycles. The van der Waals surface area contributed by atoms with E-state index in [-0.39, 0.29) is 4.90 Å². The Morgan fingerprint density at radius 1 is 1.22 bits per heavy atom. The van der Waals surface area contributed by atoms with Gasteiger partial charge in [0.05, 0.1) is 12.0 Å². The molecule has 2 bridgehead atoms. The van der Waals surface area contributed by atoms with E-state index in [0.717, 1.165) is 0 Å². The van der Waals surface area contributed by atoms with Gasteiger partial charge in [-0.3, -0.25) is 4.79 Å². The number of piperidine rings is 1. The molecule has 142 valence electrons. The number of hydrogen-bond acceptors (Lipinski definition) is 5. The van der Waals surface area contributed by atoms with Crippen molar-refractivity contribution in [1.29, 1.82) is 0 Å². The van der Waals surface area contributed by atoms with E-state index in [0.29, 0.717) is 28.5 Å². The van der Waals surface area contributed by atoms with Crippen molar-refractivity contribution in [1.82, 2.24) is 5.32 Å². The Morgan fingerprint density at radius 3 is 2.59 bits per heavy atom. The van der Waals surface area contributed by atoms with E-state index >= 15 is 0 Å². The average Bonchev–Trinajstić information content (AvgIpc) is 2.60. The van der Waals surface area contributed by atoms with Gasteiger partial charge in [0, 0.05) is 22.9 Å². The molecule has 2 aliphatic heterocycles. The molecule has 4 rings (SSSR count). The van der Waals surface area contributed by atoms with E-state index in [2.05, 4.69) is 5.32 Å². The van der Waals surface area contributed by atoms with Crippen molar-refractivity contribution in [3.8, 4) is 11.5 Å². The number of fused-ring (bicyclic) bond motifs is 4. The van der Waals surface area contributed by atoms with Gasteiger partial charge in [0.25, 0.3) is 0 Å². The number of halogens is 1. The lowest BCUT2D eigenvalue weighted by Gasteiger charge is -2.46. The first kappa shape index (κ1) is 18.1. The van der Waals surface area contributed by atoms with Gasteiger partial charge in [0.1, 0.15) is 11.5 Å². The molecule has 1 amide bonds. The van der Waals surface area contributed by atoms with Crippen LogP contribution in [0.2, 0.25) is 5.02 Å². The van der Waals surface area contributed by atoms with E-state index in [1.54, 1.807) is 25.1 Å². The highest BCUT2D eigenvalue weighted by Crippen LogP contribution is 2.48. The molecule has 0 radical (unpaired) electrons. The Kier molecular flexibility index (Phi) is 4.12. The molecule has 1 N–H and O–H groups in total. The predicted octanol–water partition coefficient (Wildman–Crippen LogP) is 2.90. The third kappa shape index (κ3) is 2.95. The standard InChI is InChI=1S/C19H18ClNO5S/c1-19-10-15(14-9-12(25-2)5-8-16(14)26-19)17(18(22)21-19)27(23,24)13-6-3-11(20)4-7-13/h3-9,15,17H,10H2,1-2H3,(H,21,22)/t15-,17+,19+/m1/s1. The van der Waals surface area contributed by atoms with Crippen LogP contribution in [0.1, 0.15) is 24.8 Å². The molecule has 0 aromatic heterocycles. The van der Waals surface area contributed by atoms with Gasteiger partial charge in [-0.15, -0.1) is 0 Å². The Bertz CT molecular complexity index is 1020. The zero-order chi connectivity index (χ0) is 19.4. The second kappa shape index (κ2) is 6.14. The van der Waals surface area contributed by atoms with E-state index in [1.165, 1.54) is 31.4 Å². The first-order valence-corrected chi connectivity index (χ1v) is 10.3. The summed E-state index contributed by atoms with van der Waals surface area (Å²) >= 11 is 5.87. The summed E-state index contributed by atoms with van der Waals surface area (Å²) in [6.45, 7) is 1.75. The number of benzene rings is 2. The molecule has 2 aliphatic rings. The maximum atomic E-state index is 13.3. The summed E-state index contributed by atoms with van der Waals surface area (Å²) < 4.78 is 37.8. The lowest BCUT2D eigenvalue weighted by Crippen LogP contribution is -2.63. The summed E-state index contributed by atoms with van der Waals surface area (Å²) in [5.74, 6) is 0.000815. The molecule has 6 nitrogen and oxygen atoms in total. The number of nitrogens with one attached hydrogen (secondary N) is 1. The molecule has 1 saturated heterocycles. The molecule has 0 aliphatic carbocycles. The average molecular weight is 408 g/mol. The number of carbonyl (C=O) groups is 1. The molecule has 8 heteroatoms. The first-order valence-electron chi connectivity index (χ1n) is 8.42. The zero-order valence-electron chi connectivity index (χ0n) is 14.7. The molecular weight excluding hydrogens is 390 g/mol. The van der Waals surface area contributed by atoms with Crippen molar-refractivity contribution in [2.75, 3.05) is 7.11 Å². The molecule has 0 saturated carbocycles. The van der Waals surface area contributed by atoms with Gasteiger partial charge < -0.3 is 14.8 Å². The lowest BCUT2D eigenvalue weighted by atomic mass is 9.81. The minimum absolute atomic E-state index is 0.0617. The molecule has 2 aromatic rings. The molecular formula is C19H18ClNO5S. The number of amides is 1. The van der Waals surface area contributed by atoms with Crippen LogP contribution in [0.3, 0.4) is 0 Å².